The topological polar surface area (TPSA) is 96.4 Å². The molecule has 2 amide bonds. The average molecular weight is 251 g/mol. The van der Waals surface area contributed by atoms with Crippen molar-refractivity contribution in [2.45, 2.75) is 25.4 Å². The maximum absolute atomic E-state index is 11.9. The van der Waals surface area contributed by atoms with Gasteiger partial charge in [0.15, 0.2) is 0 Å². The first-order valence-electron chi connectivity index (χ1n) is 6.18. The van der Waals surface area contributed by atoms with E-state index in [1.807, 2.05) is 0 Å². The number of hydrogen-bond donors (Lipinski definition) is 1. The van der Waals surface area contributed by atoms with E-state index >= 15 is 0 Å². The Labute approximate surface area is 106 Å². The first-order chi connectivity index (χ1) is 8.60. The molecule has 0 bridgehead atoms. The normalized spacial score (nSPS) is 28.3. The first-order valence-corrected chi connectivity index (χ1v) is 6.18. The minimum atomic E-state index is -0.556. The van der Waals surface area contributed by atoms with Crippen molar-refractivity contribution >= 4 is 11.8 Å². The molecule has 18 heavy (non-hydrogen) atoms. The molecule has 0 saturated carbocycles. The molecule has 2 atom stereocenters. The van der Waals surface area contributed by atoms with Gasteiger partial charge in [-0.3, -0.25) is 9.59 Å². The molecule has 6 nitrogen and oxygen atoms in total. The number of carbonyl (C=O) groups is 2. The van der Waals surface area contributed by atoms with Gasteiger partial charge in [-0.2, -0.15) is 5.26 Å². The maximum Gasteiger partial charge on any atom is 0.246 e. The summed E-state index contributed by atoms with van der Waals surface area (Å²) in [4.78, 5) is 24.6. The Kier molecular flexibility index (Phi) is 3.82. The molecule has 2 saturated heterocycles. The van der Waals surface area contributed by atoms with Crippen LogP contribution in [-0.2, 0) is 14.3 Å². The van der Waals surface area contributed by atoms with Crippen molar-refractivity contribution in [3.8, 4) is 6.07 Å². The fourth-order valence-corrected chi connectivity index (χ4v) is 2.39. The Hall–Kier alpha value is -1.61. The molecule has 2 aliphatic heterocycles. The lowest BCUT2D eigenvalue weighted by Crippen LogP contribution is -2.50. The first kappa shape index (κ1) is 12.8. The Morgan fingerprint density at radius 1 is 1.44 bits per heavy atom. The highest BCUT2D eigenvalue weighted by molar-refractivity contribution is 5.79. The second-order valence-corrected chi connectivity index (χ2v) is 4.98. The van der Waals surface area contributed by atoms with Crippen LogP contribution in [0.4, 0.5) is 0 Å². The third kappa shape index (κ3) is 2.79. The molecular weight excluding hydrogens is 234 g/mol. The molecular formula is C12H17N3O3. The average Bonchev–Trinajstić information content (AvgIpc) is 2.27. The van der Waals surface area contributed by atoms with Crippen LogP contribution in [-0.4, -0.2) is 42.5 Å². The molecule has 98 valence electrons. The molecule has 0 spiro atoms. The van der Waals surface area contributed by atoms with E-state index in [0.29, 0.717) is 32.5 Å². The number of nitrogens with zero attached hydrogens (tertiary/aromatic N) is 2. The fraction of sp³-hybridized carbons (Fsp3) is 0.750. The summed E-state index contributed by atoms with van der Waals surface area (Å²) in [6, 6.07) is 2.14. The summed E-state index contributed by atoms with van der Waals surface area (Å²) in [7, 11) is 0. The third-order valence-corrected chi connectivity index (χ3v) is 3.59. The summed E-state index contributed by atoms with van der Waals surface area (Å²) in [5.41, 5.74) is 5.20. The van der Waals surface area contributed by atoms with E-state index in [-0.39, 0.29) is 17.7 Å². The third-order valence-electron chi connectivity index (χ3n) is 3.59. The number of carbonyl (C=O) groups excluding carboxylic acids is 2. The lowest BCUT2D eigenvalue weighted by Gasteiger charge is -2.37. The molecule has 6 heteroatoms. The second-order valence-electron chi connectivity index (χ2n) is 4.98. The SMILES string of the molecule is N#CC1CN(C(=O)CC2CCO[C@H](C(N)=O)C2)C1. The number of rotatable bonds is 3. The van der Waals surface area contributed by atoms with Crippen molar-refractivity contribution in [3.05, 3.63) is 0 Å². The molecule has 2 fully saturated rings. The largest absolute Gasteiger partial charge is 0.368 e. The van der Waals surface area contributed by atoms with Gasteiger partial charge in [0.2, 0.25) is 11.8 Å². The van der Waals surface area contributed by atoms with Gasteiger partial charge in [0.1, 0.15) is 6.10 Å². The van der Waals surface area contributed by atoms with Crippen molar-refractivity contribution in [1.82, 2.24) is 4.90 Å². The van der Waals surface area contributed by atoms with Crippen LogP contribution >= 0.6 is 0 Å². The zero-order valence-electron chi connectivity index (χ0n) is 10.2. The molecule has 1 unspecified atom stereocenters. The molecule has 0 aromatic heterocycles. The predicted octanol–water partition coefficient (Wildman–Crippen LogP) is -0.361. The van der Waals surface area contributed by atoms with Gasteiger partial charge in [0.05, 0.1) is 12.0 Å². The lowest BCUT2D eigenvalue weighted by atomic mass is 9.90. The number of ether oxygens (including phenoxy) is 1. The summed E-state index contributed by atoms with van der Waals surface area (Å²) < 4.78 is 5.24. The minimum Gasteiger partial charge on any atom is -0.368 e. The van der Waals surface area contributed by atoms with Gasteiger partial charge in [-0.15, -0.1) is 0 Å². The molecule has 2 heterocycles. The van der Waals surface area contributed by atoms with E-state index in [2.05, 4.69) is 6.07 Å². The summed E-state index contributed by atoms with van der Waals surface area (Å²) in [6.07, 6.45) is 1.17. The van der Waals surface area contributed by atoms with Gasteiger partial charge in [-0.25, -0.2) is 0 Å². The highest BCUT2D eigenvalue weighted by Gasteiger charge is 2.33. The Balaban J connectivity index is 1.78. The summed E-state index contributed by atoms with van der Waals surface area (Å²) in [5, 5.41) is 8.65. The van der Waals surface area contributed by atoms with E-state index < -0.39 is 12.0 Å². The van der Waals surface area contributed by atoms with Gasteiger partial charge in [-0.05, 0) is 18.8 Å². The molecule has 0 aliphatic carbocycles. The van der Waals surface area contributed by atoms with Crippen molar-refractivity contribution in [2.75, 3.05) is 19.7 Å². The van der Waals surface area contributed by atoms with Crippen LogP contribution in [0.3, 0.4) is 0 Å². The Bertz CT molecular complexity index is 385. The Morgan fingerprint density at radius 3 is 2.78 bits per heavy atom. The molecule has 0 aromatic carbocycles. The molecule has 0 aromatic rings. The fourth-order valence-electron chi connectivity index (χ4n) is 2.39. The number of nitriles is 1. The predicted molar refractivity (Wildman–Crippen MR) is 62.0 cm³/mol. The summed E-state index contributed by atoms with van der Waals surface area (Å²) >= 11 is 0. The van der Waals surface area contributed by atoms with Gasteiger partial charge in [-0.1, -0.05) is 0 Å². The number of amides is 2. The van der Waals surface area contributed by atoms with Crippen molar-refractivity contribution in [3.63, 3.8) is 0 Å². The summed E-state index contributed by atoms with van der Waals surface area (Å²) in [5.74, 6) is -0.246. The number of hydrogen-bond acceptors (Lipinski definition) is 4. The van der Waals surface area contributed by atoms with Crippen LogP contribution in [0.1, 0.15) is 19.3 Å². The van der Waals surface area contributed by atoms with Crippen LogP contribution in [0, 0.1) is 23.2 Å². The van der Waals surface area contributed by atoms with Gasteiger partial charge in [0.25, 0.3) is 0 Å². The van der Waals surface area contributed by atoms with E-state index in [1.54, 1.807) is 4.90 Å². The zero-order chi connectivity index (χ0) is 13.1. The smallest absolute Gasteiger partial charge is 0.246 e. The van der Waals surface area contributed by atoms with Crippen molar-refractivity contribution in [1.29, 1.82) is 5.26 Å². The zero-order valence-corrected chi connectivity index (χ0v) is 10.2. The van der Waals surface area contributed by atoms with Crippen LogP contribution in [0.25, 0.3) is 0 Å². The standard InChI is InChI=1S/C12H17N3O3/c13-5-9-6-15(7-9)11(16)4-8-1-2-18-10(3-8)12(14)17/h8-10H,1-4,6-7H2,(H2,14,17)/t8?,10-/m0/s1. The van der Waals surface area contributed by atoms with Gasteiger partial charge >= 0.3 is 0 Å². The number of likely N-dealkylation sites (tertiary alicyclic amines) is 1. The highest BCUT2D eigenvalue weighted by atomic mass is 16.5. The van der Waals surface area contributed by atoms with E-state index in [0.717, 1.165) is 6.42 Å². The molecule has 2 aliphatic rings. The lowest BCUT2D eigenvalue weighted by molar-refractivity contribution is -0.141. The number of nitrogens with two attached hydrogens (primary N) is 1. The molecule has 2 N–H and O–H groups in total. The minimum absolute atomic E-state index is 0.0120. The van der Waals surface area contributed by atoms with Crippen molar-refractivity contribution < 1.29 is 14.3 Å². The van der Waals surface area contributed by atoms with Crippen LogP contribution in [0.2, 0.25) is 0 Å². The van der Waals surface area contributed by atoms with Crippen LogP contribution in [0.5, 0.6) is 0 Å². The monoisotopic (exact) mass is 251 g/mol. The van der Waals surface area contributed by atoms with E-state index in [1.165, 1.54) is 0 Å². The maximum atomic E-state index is 11.9. The second kappa shape index (κ2) is 5.36. The van der Waals surface area contributed by atoms with Crippen LogP contribution in [0.15, 0.2) is 0 Å². The summed E-state index contributed by atoms with van der Waals surface area (Å²) in [6.45, 7) is 1.56. The van der Waals surface area contributed by atoms with Crippen LogP contribution < -0.4 is 5.73 Å². The van der Waals surface area contributed by atoms with Gasteiger partial charge in [0, 0.05) is 26.1 Å². The molecule has 2 rings (SSSR count). The van der Waals surface area contributed by atoms with E-state index in [4.69, 9.17) is 15.7 Å². The van der Waals surface area contributed by atoms with Gasteiger partial charge < -0.3 is 15.4 Å². The molecule has 0 radical (unpaired) electrons. The van der Waals surface area contributed by atoms with Crippen molar-refractivity contribution in [2.24, 2.45) is 17.6 Å². The Morgan fingerprint density at radius 2 is 2.17 bits per heavy atom. The quantitative estimate of drug-likeness (QED) is 0.740. The van der Waals surface area contributed by atoms with E-state index in [9.17, 15) is 9.59 Å². The number of primary amides is 1. The highest BCUT2D eigenvalue weighted by Crippen LogP contribution is 2.25.